The van der Waals surface area contributed by atoms with Crippen LogP contribution in [0.5, 0.6) is 0 Å². The Balaban J connectivity index is 1.87. The fourth-order valence-corrected chi connectivity index (χ4v) is 3.15. The SMILES string of the molecule is CN1CCC(CNC(=O)c2cc(Cl)cc(Br)c2)CC1. The second-order valence-electron chi connectivity index (χ2n) is 5.11. The first-order chi connectivity index (χ1) is 9.04. The Labute approximate surface area is 127 Å². The maximum atomic E-state index is 12.1. The number of carbonyl (C=O) groups is 1. The van der Waals surface area contributed by atoms with Crippen LogP contribution in [0.2, 0.25) is 5.02 Å². The smallest absolute Gasteiger partial charge is 0.251 e. The summed E-state index contributed by atoms with van der Waals surface area (Å²) in [5.74, 6) is 0.532. The summed E-state index contributed by atoms with van der Waals surface area (Å²) in [4.78, 5) is 14.4. The number of rotatable bonds is 3. The highest BCUT2D eigenvalue weighted by Crippen LogP contribution is 2.20. The van der Waals surface area contributed by atoms with Crippen molar-refractivity contribution >= 4 is 33.4 Å². The van der Waals surface area contributed by atoms with Crippen LogP contribution in [0.3, 0.4) is 0 Å². The highest BCUT2D eigenvalue weighted by atomic mass is 79.9. The molecule has 1 saturated heterocycles. The topological polar surface area (TPSA) is 32.3 Å². The van der Waals surface area contributed by atoms with Gasteiger partial charge in [-0.05, 0) is 57.1 Å². The summed E-state index contributed by atoms with van der Waals surface area (Å²) >= 11 is 9.29. The zero-order valence-electron chi connectivity index (χ0n) is 11.0. The molecule has 19 heavy (non-hydrogen) atoms. The molecule has 1 aromatic rings. The van der Waals surface area contributed by atoms with Crippen LogP contribution in [-0.2, 0) is 0 Å². The molecular formula is C14H18BrClN2O. The number of amides is 1. The minimum Gasteiger partial charge on any atom is -0.352 e. The van der Waals surface area contributed by atoms with Crippen molar-refractivity contribution in [2.75, 3.05) is 26.7 Å². The van der Waals surface area contributed by atoms with Gasteiger partial charge in [-0.2, -0.15) is 0 Å². The van der Waals surface area contributed by atoms with Crippen molar-refractivity contribution in [2.45, 2.75) is 12.8 Å². The van der Waals surface area contributed by atoms with Crippen LogP contribution in [0, 0.1) is 5.92 Å². The van der Waals surface area contributed by atoms with Gasteiger partial charge in [-0.3, -0.25) is 4.79 Å². The Hall–Kier alpha value is -0.580. The Morgan fingerprint density at radius 2 is 2.11 bits per heavy atom. The monoisotopic (exact) mass is 344 g/mol. The minimum atomic E-state index is -0.0536. The first kappa shape index (κ1) is 14.8. The number of benzene rings is 1. The largest absolute Gasteiger partial charge is 0.352 e. The lowest BCUT2D eigenvalue weighted by atomic mass is 9.97. The number of piperidine rings is 1. The van der Waals surface area contributed by atoms with Crippen LogP contribution in [0.15, 0.2) is 22.7 Å². The van der Waals surface area contributed by atoms with Gasteiger partial charge in [0, 0.05) is 21.6 Å². The first-order valence-corrected chi connectivity index (χ1v) is 7.64. The van der Waals surface area contributed by atoms with Gasteiger partial charge in [0.25, 0.3) is 5.91 Å². The molecule has 0 saturated carbocycles. The summed E-state index contributed by atoms with van der Waals surface area (Å²) in [5.41, 5.74) is 0.604. The number of carbonyl (C=O) groups excluding carboxylic acids is 1. The third kappa shape index (κ3) is 4.48. The molecule has 1 aliphatic rings. The van der Waals surface area contributed by atoms with E-state index >= 15 is 0 Å². The van der Waals surface area contributed by atoms with E-state index in [1.807, 2.05) is 0 Å². The van der Waals surface area contributed by atoms with Crippen molar-refractivity contribution in [3.63, 3.8) is 0 Å². The van der Waals surface area contributed by atoms with E-state index < -0.39 is 0 Å². The van der Waals surface area contributed by atoms with Crippen LogP contribution < -0.4 is 5.32 Å². The quantitative estimate of drug-likeness (QED) is 0.912. The van der Waals surface area contributed by atoms with Crippen molar-refractivity contribution in [2.24, 2.45) is 5.92 Å². The molecule has 0 aliphatic carbocycles. The third-order valence-electron chi connectivity index (χ3n) is 3.51. The molecular weight excluding hydrogens is 328 g/mol. The predicted molar refractivity (Wildman–Crippen MR) is 81.7 cm³/mol. The molecule has 104 valence electrons. The minimum absolute atomic E-state index is 0.0536. The number of hydrogen-bond donors (Lipinski definition) is 1. The molecule has 0 spiro atoms. The van der Waals surface area contributed by atoms with E-state index in [4.69, 9.17) is 11.6 Å². The zero-order chi connectivity index (χ0) is 13.8. The van der Waals surface area contributed by atoms with Crippen LogP contribution in [0.1, 0.15) is 23.2 Å². The highest BCUT2D eigenvalue weighted by molar-refractivity contribution is 9.10. The molecule has 0 aromatic heterocycles. The Morgan fingerprint density at radius 3 is 2.74 bits per heavy atom. The van der Waals surface area contributed by atoms with Gasteiger partial charge in [0.2, 0.25) is 0 Å². The predicted octanol–water partition coefficient (Wildman–Crippen LogP) is 3.17. The van der Waals surface area contributed by atoms with E-state index in [2.05, 4.69) is 33.2 Å². The van der Waals surface area contributed by atoms with Crippen LogP contribution >= 0.6 is 27.5 Å². The van der Waals surface area contributed by atoms with Crippen LogP contribution in [0.25, 0.3) is 0 Å². The fraction of sp³-hybridized carbons (Fsp3) is 0.500. The molecule has 2 rings (SSSR count). The number of hydrogen-bond acceptors (Lipinski definition) is 2. The number of nitrogens with one attached hydrogen (secondary N) is 1. The molecule has 1 heterocycles. The zero-order valence-corrected chi connectivity index (χ0v) is 13.3. The summed E-state index contributed by atoms with van der Waals surface area (Å²) in [6.45, 7) is 2.98. The third-order valence-corrected chi connectivity index (χ3v) is 4.19. The van der Waals surface area contributed by atoms with E-state index in [9.17, 15) is 4.79 Å². The molecule has 0 atom stereocenters. The molecule has 3 nitrogen and oxygen atoms in total. The van der Waals surface area contributed by atoms with Crippen molar-refractivity contribution in [3.8, 4) is 0 Å². The second kappa shape index (κ2) is 6.73. The lowest BCUT2D eigenvalue weighted by molar-refractivity contribution is 0.0939. The van der Waals surface area contributed by atoms with Crippen molar-refractivity contribution in [1.82, 2.24) is 10.2 Å². The number of halogens is 2. The maximum Gasteiger partial charge on any atom is 0.251 e. The molecule has 1 amide bonds. The van der Waals surface area contributed by atoms with Gasteiger partial charge in [-0.25, -0.2) is 0 Å². The van der Waals surface area contributed by atoms with Crippen LogP contribution in [0.4, 0.5) is 0 Å². The Kier molecular flexibility index (Phi) is 5.25. The lowest BCUT2D eigenvalue weighted by Gasteiger charge is -2.28. The van der Waals surface area contributed by atoms with Gasteiger partial charge in [0.05, 0.1) is 0 Å². The summed E-state index contributed by atoms with van der Waals surface area (Å²) in [7, 11) is 2.14. The van der Waals surface area contributed by atoms with Crippen LogP contribution in [-0.4, -0.2) is 37.5 Å². The van der Waals surface area contributed by atoms with Crippen molar-refractivity contribution in [1.29, 1.82) is 0 Å². The standard InChI is InChI=1S/C14H18BrClN2O/c1-18-4-2-10(3-5-18)9-17-14(19)11-6-12(15)8-13(16)7-11/h6-8,10H,2-5,9H2,1H3,(H,17,19). The Bertz CT molecular complexity index is 439. The summed E-state index contributed by atoms with van der Waals surface area (Å²) < 4.78 is 0.824. The van der Waals surface area contributed by atoms with E-state index in [1.165, 1.54) is 0 Å². The van der Waals surface area contributed by atoms with Crippen molar-refractivity contribution < 1.29 is 4.79 Å². The van der Waals surface area contributed by atoms with Crippen molar-refractivity contribution in [3.05, 3.63) is 33.3 Å². The van der Waals surface area contributed by atoms with Gasteiger partial charge in [-0.1, -0.05) is 27.5 Å². The van der Waals surface area contributed by atoms with Gasteiger partial charge in [0.1, 0.15) is 0 Å². The molecule has 0 bridgehead atoms. The average Bonchev–Trinajstić information content (AvgIpc) is 2.36. The van der Waals surface area contributed by atoms with Gasteiger partial charge >= 0.3 is 0 Å². The molecule has 0 unspecified atom stereocenters. The summed E-state index contributed by atoms with van der Waals surface area (Å²) in [5, 5.41) is 3.57. The Morgan fingerprint density at radius 1 is 1.42 bits per heavy atom. The summed E-state index contributed by atoms with van der Waals surface area (Å²) in [6, 6.07) is 5.25. The molecule has 1 N–H and O–H groups in total. The number of nitrogens with zero attached hydrogens (tertiary/aromatic N) is 1. The average molecular weight is 346 g/mol. The van der Waals surface area contributed by atoms with E-state index in [1.54, 1.807) is 18.2 Å². The first-order valence-electron chi connectivity index (χ1n) is 6.47. The molecule has 0 radical (unpaired) electrons. The summed E-state index contributed by atoms with van der Waals surface area (Å²) in [6.07, 6.45) is 2.30. The van der Waals surface area contributed by atoms with Gasteiger partial charge < -0.3 is 10.2 Å². The molecule has 1 aromatic carbocycles. The number of likely N-dealkylation sites (tertiary alicyclic amines) is 1. The van der Waals surface area contributed by atoms with E-state index in [0.29, 0.717) is 16.5 Å². The molecule has 5 heteroatoms. The second-order valence-corrected chi connectivity index (χ2v) is 6.47. The van der Waals surface area contributed by atoms with E-state index in [-0.39, 0.29) is 5.91 Å². The molecule has 1 fully saturated rings. The maximum absolute atomic E-state index is 12.1. The highest BCUT2D eigenvalue weighted by Gasteiger charge is 2.17. The molecule has 1 aliphatic heterocycles. The van der Waals surface area contributed by atoms with Gasteiger partial charge in [-0.15, -0.1) is 0 Å². The van der Waals surface area contributed by atoms with Gasteiger partial charge in [0.15, 0.2) is 0 Å². The lowest BCUT2D eigenvalue weighted by Crippen LogP contribution is -2.36. The fourth-order valence-electron chi connectivity index (χ4n) is 2.29. The normalized spacial score (nSPS) is 17.4. The van der Waals surface area contributed by atoms with E-state index in [0.717, 1.165) is 36.9 Å².